The summed E-state index contributed by atoms with van der Waals surface area (Å²) >= 11 is 0. The van der Waals surface area contributed by atoms with Crippen molar-refractivity contribution >= 4 is 5.69 Å². The fourth-order valence-electron chi connectivity index (χ4n) is 1.92. The normalized spacial score (nSPS) is 19.5. The number of hydrogen-bond acceptors (Lipinski definition) is 3. The highest BCUT2D eigenvalue weighted by atomic mass is 14.7. The third kappa shape index (κ3) is 1.16. The lowest BCUT2D eigenvalue weighted by Gasteiger charge is -2.08. The van der Waals surface area contributed by atoms with Crippen LogP contribution in [0.2, 0.25) is 0 Å². The van der Waals surface area contributed by atoms with Crippen LogP contribution in [0.3, 0.4) is 0 Å². The summed E-state index contributed by atoms with van der Waals surface area (Å²) in [5.41, 5.74) is 15.2. The smallest absolute Gasteiger partial charge is 0.0992 e. The summed E-state index contributed by atoms with van der Waals surface area (Å²) in [6.07, 6.45) is 1.88. The van der Waals surface area contributed by atoms with Crippen molar-refractivity contribution in [1.82, 2.24) is 0 Å². The molecule has 66 valence electrons. The molecule has 0 amide bonds. The van der Waals surface area contributed by atoms with E-state index in [2.05, 4.69) is 6.07 Å². The molecule has 0 unspecified atom stereocenters. The zero-order valence-corrected chi connectivity index (χ0v) is 7.25. The molecule has 0 heterocycles. The number of nitriles is 1. The first-order chi connectivity index (χ1) is 6.22. The zero-order chi connectivity index (χ0) is 9.42. The summed E-state index contributed by atoms with van der Waals surface area (Å²) in [6.45, 7) is 0. The van der Waals surface area contributed by atoms with Gasteiger partial charge in [0.2, 0.25) is 0 Å². The molecule has 1 atom stereocenters. The standard InChI is InChI=1S/C10H11N3/c11-5-6-3-7-1-2-8(12)10(7)9(13)4-6/h3-4,8H,1-2,12-13H2/t8-/m0/s1. The highest BCUT2D eigenvalue weighted by Crippen LogP contribution is 2.34. The highest BCUT2D eigenvalue weighted by molar-refractivity contribution is 5.59. The summed E-state index contributed by atoms with van der Waals surface area (Å²) in [4.78, 5) is 0. The number of rotatable bonds is 0. The van der Waals surface area contributed by atoms with Crippen LogP contribution >= 0.6 is 0 Å². The van der Waals surface area contributed by atoms with E-state index in [1.165, 1.54) is 0 Å². The second kappa shape index (κ2) is 2.75. The molecule has 0 saturated heterocycles. The molecule has 0 bridgehead atoms. The van der Waals surface area contributed by atoms with Gasteiger partial charge in [-0.15, -0.1) is 0 Å². The van der Waals surface area contributed by atoms with E-state index in [0.717, 1.165) is 24.0 Å². The van der Waals surface area contributed by atoms with Gasteiger partial charge in [0.25, 0.3) is 0 Å². The van der Waals surface area contributed by atoms with Crippen LogP contribution in [0.15, 0.2) is 12.1 Å². The average Bonchev–Trinajstić information content (AvgIpc) is 2.48. The SMILES string of the molecule is N#Cc1cc(N)c2c(c1)CC[C@@H]2N. The molecular formula is C10H11N3. The first kappa shape index (κ1) is 8.09. The number of anilines is 1. The fraction of sp³-hybridized carbons (Fsp3) is 0.300. The number of nitrogens with zero attached hydrogens (tertiary/aromatic N) is 1. The summed E-state index contributed by atoms with van der Waals surface area (Å²) in [6, 6.07) is 5.74. The van der Waals surface area contributed by atoms with Gasteiger partial charge < -0.3 is 11.5 Å². The third-order valence-corrected chi connectivity index (χ3v) is 2.52. The van der Waals surface area contributed by atoms with Crippen molar-refractivity contribution in [2.75, 3.05) is 5.73 Å². The highest BCUT2D eigenvalue weighted by Gasteiger charge is 2.21. The van der Waals surface area contributed by atoms with E-state index < -0.39 is 0 Å². The molecule has 4 N–H and O–H groups in total. The van der Waals surface area contributed by atoms with Crippen LogP contribution in [0.4, 0.5) is 5.69 Å². The molecule has 0 aliphatic heterocycles. The molecule has 13 heavy (non-hydrogen) atoms. The van der Waals surface area contributed by atoms with Gasteiger partial charge in [-0.05, 0) is 36.1 Å². The van der Waals surface area contributed by atoms with Gasteiger partial charge in [0.1, 0.15) is 0 Å². The van der Waals surface area contributed by atoms with E-state index >= 15 is 0 Å². The van der Waals surface area contributed by atoms with Crippen LogP contribution < -0.4 is 11.5 Å². The zero-order valence-electron chi connectivity index (χ0n) is 7.25. The second-order valence-electron chi connectivity index (χ2n) is 3.40. The molecule has 0 spiro atoms. The molecule has 3 nitrogen and oxygen atoms in total. The Labute approximate surface area is 77.0 Å². The number of nitrogen functional groups attached to an aromatic ring is 1. The van der Waals surface area contributed by atoms with Crippen LogP contribution in [0, 0.1) is 11.3 Å². The van der Waals surface area contributed by atoms with Gasteiger partial charge >= 0.3 is 0 Å². The van der Waals surface area contributed by atoms with Gasteiger partial charge in [0.05, 0.1) is 11.6 Å². The molecule has 1 aliphatic carbocycles. The van der Waals surface area contributed by atoms with Crippen LogP contribution in [0.1, 0.15) is 29.2 Å². The Morgan fingerprint density at radius 3 is 2.92 bits per heavy atom. The number of hydrogen-bond donors (Lipinski definition) is 2. The quantitative estimate of drug-likeness (QED) is 0.576. The van der Waals surface area contributed by atoms with Gasteiger partial charge in [-0.1, -0.05) is 0 Å². The molecule has 2 rings (SSSR count). The van der Waals surface area contributed by atoms with Crippen molar-refractivity contribution in [2.45, 2.75) is 18.9 Å². The summed E-state index contributed by atoms with van der Waals surface area (Å²) in [5.74, 6) is 0. The fourth-order valence-corrected chi connectivity index (χ4v) is 1.92. The maximum Gasteiger partial charge on any atom is 0.0992 e. The topological polar surface area (TPSA) is 75.8 Å². The van der Waals surface area contributed by atoms with E-state index in [4.69, 9.17) is 16.7 Å². The maximum atomic E-state index is 8.72. The predicted octanol–water partition coefficient (Wildman–Crippen LogP) is 1.09. The largest absolute Gasteiger partial charge is 0.398 e. The van der Waals surface area contributed by atoms with Gasteiger partial charge in [-0.3, -0.25) is 0 Å². The number of fused-ring (bicyclic) bond motifs is 1. The Morgan fingerprint density at radius 2 is 2.23 bits per heavy atom. The van der Waals surface area contributed by atoms with Crippen LogP contribution in [0.5, 0.6) is 0 Å². The van der Waals surface area contributed by atoms with E-state index in [9.17, 15) is 0 Å². The predicted molar refractivity (Wildman–Crippen MR) is 50.8 cm³/mol. The lowest BCUT2D eigenvalue weighted by Crippen LogP contribution is -2.08. The molecule has 3 heteroatoms. The van der Waals surface area contributed by atoms with Gasteiger partial charge in [0.15, 0.2) is 0 Å². The summed E-state index contributed by atoms with van der Waals surface area (Å²) in [7, 11) is 0. The monoisotopic (exact) mass is 173 g/mol. The number of benzene rings is 1. The van der Waals surface area contributed by atoms with Crippen LogP contribution in [-0.2, 0) is 6.42 Å². The average molecular weight is 173 g/mol. The molecule has 0 aromatic heterocycles. The Hall–Kier alpha value is -1.53. The Morgan fingerprint density at radius 1 is 1.46 bits per heavy atom. The molecule has 0 radical (unpaired) electrons. The molecule has 1 aromatic rings. The van der Waals surface area contributed by atoms with Gasteiger partial charge in [0, 0.05) is 11.7 Å². The molecular weight excluding hydrogens is 162 g/mol. The first-order valence-corrected chi connectivity index (χ1v) is 4.30. The van der Waals surface area contributed by atoms with Crippen molar-refractivity contribution < 1.29 is 0 Å². The van der Waals surface area contributed by atoms with Crippen molar-refractivity contribution in [3.05, 3.63) is 28.8 Å². The summed E-state index contributed by atoms with van der Waals surface area (Å²) in [5, 5.41) is 8.72. The third-order valence-electron chi connectivity index (χ3n) is 2.52. The number of nitrogens with two attached hydrogens (primary N) is 2. The second-order valence-corrected chi connectivity index (χ2v) is 3.40. The van der Waals surface area contributed by atoms with E-state index in [1.54, 1.807) is 6.07 Å². The summed E-state index contributed by atoms with van der Waals surface area (Å²) < 4.78 is 0. The molecule has 0 fully saturated rings. The minimum Gasteiger partial charge on any atom is -0.398 e. The minimum atomic E-state index is 0.0581. The van der Waals surface area contributed by atoms with Crippen molar-refractivity contribution in [3.8, 4) is 6.07 Å². The van der Waals surface area contributed by atoms with Crippen LogP contribution in [-0.4, -0.2) is 0 Å². The lowest BCUT2D eigenvalue weighted by molar-refractivity contribution is 0.715. The minimum absolute atomic E-state index is 0.0581. The lowest BCUT2D eigenvalue weighted by atomic mass is 10.0. The van der Waals surface area contributed by atoms with Gasteiger partial charge in [-0.2, -0.15) is 5.26 Å². The van der Waals surface area contributed by atoms with E-state index in [0.29, 0.717) is 11.3 Å². The maximum absolute atomic E-state index is 8.72. The molecule has 1 aliphatic rings. The van der Waals surface area contributed by atoms with Crippen molar-refractivity contribution in [2.24, 2.45) is 5.73 Å². The Kier molecular flexibility index (Phi) is 1.71. The van der Waals surface area contributed by atoms with Crippen LogP contribution in [0.25, 0.3) is 0 Å². The van der Waals surface area contributed by atoms with E-state index in [1.807, 2.05) is 6.07 Å². The molecule has 1 aromatic carbocycles. The van der Waals surface area contributed by atoms with Crippen molar-refractivity contribution in [1.29, 1.82) is 5.26 Å². The Bertz CT molecular complexity index is 390. The number of aryl methyl sites for hydroxylation is 1. The van der Waals surface area contributed by atoms with E-state index in [-0.39, 0.29) is 6.04 Å². The Balaban J connectivity index is 2.61. The first-order valence-electron chi connectivity index (χ1n) is 4.30. The van der Waals surface area contributed by atoms with Gasteiger partial charge in [-0.25, -0.2) is 0 Å². The van der Waals surface area contributed by atoms with Crippen molar-refractivity contribution in [3.63, 3.8) is 0 Å². The molecule has 0 saturated carbocycles.